The second-order valence-electron chi connectivity index (χ2n) is 4.01. The van der Waals surface area contributed by atoms with E-state index < -0.39 is 11.6 Å². The van der Waals surface area contributed by atoms with Gasteiger partial charge in [0.05, 0.1) is 0 Å². The summed E-state index contributed by atoms with van der Waals surface area (Å²) in [5.74, 6) is 0.792. The zero-order valence-electron chi connectivity index (χ0n) is 10.5. The first kappa shape index (κ1) is 14.5. The van der Waals surface area contributed by atoms with Crippen molar-refractivity contribution in [3.05, 3.63) is 34.9 Å². The fourth-order valence-corrected chi connectivity index (χ4v) is 2.68. The molecule has 0 saturated carbocycles. The monoisotopic (exact) mass is 259 g/mol. The van der Waals surface area contributed by atoms with Crippen LogP contribution in [-0.4, -0.2) is 18.6 Å². The second-order valence-corrected chi connectivity index (χ2v) is 5.16. The molecule has 1 rings (SSSR count). The van der Waals surface area contributed by atoms with Crippen molar-refractivity contribution < 1.29 is 8.78 Å². The Bertz CT molecular complexity index is 369. The third kappa shape index (κ3) is 3.68. The smallest absolute Gasteiger partial charge is 0.133 e. The average molecular weight is 259 g/mol. The number of hydrogen-bond acceptors (Lipinski definition) is 2. The number of benzene rings is 1. The molecule has 17 heavy (non-hydrogen) atoms. The molecule has 1 aromatic rings. The molecular weight excluding hydrogens is 240 g/mol. The van der Waals surface area contributed by atoms with Crippen molar-refractivity contribution in [2.45, 2.75) is 26.3 Å². The van der Waals surface area contributed by atoms with E-state index in [1.807, 2.05) is 0 Å². The predicted octanol–water partition coefficient (Wildman–Crippen LogP) is 3.68. The van der Waals surface area contributed by atoms with Gasteiger partial charge in [-0.1, -0.05) is 13.0 Å². The first-order valence-electron chi connectivity index (χ1n) is 5.81. The highest BCUT2D eigenvalue weighted by atomic mass is 32.2. The molecule has 1 unspecified atom stereocenters. The highest BCUT2D eigenvalue weighted by Gasteiger charge is 2.19. The Morgan fingerprint density at radius 2 is 2.06 bits per heavy atom. The van der Waals surface area contributed by atoms with Gasteiger partial charge in [-0.3, -0.25) is 0 Å². The van der Waals surface area contributed by atoms with Gasteiger partial charge in [-0.15, -0.1) is 0 Å². The number of rotatable bonds is 6. The summed E-state index contributed by atoms with van der Waals surface area (Å²) in [5.41, 5.74) is 0.651. The van der Waals surface area contributed by atoms with Gasteiger partial charge in [0.15, 0.2) is 0 Å². The maximum atomic E-state index is 13.9. The van der Waals surface area contributed by atoms with Crippen molar-refractivity contribution in [1.82, 2.24) is 5.32 Å². The molecule has 0 fully saturated rings. The summed E-state index contributed by atoms with van der Waals surface area (Å²) in [6.45, 7) is 3.75. The molecule has 0 amide bonds. The van der Waals surface area contributed by atoms with Gasteiger partial charge >= 0.3 is 0 Å². The highest BCUT2D eigenvalue weighted by Crippen LogP contribution is 2.26. The molecule has 0 heterocycles. The van der Waals surface area contributed by atoms with E-state index in [9.17, 15) is 8.78 Å². The lowest BCUT2D eigenvalue weighted by molar-refractivity contribution is 0.509. The number of hydrogen-bond donors (Lipinski definition) is 1. The molecule has 0 radical (unpaired) electrons. The summed E-state index contributed by atoms with van der Waals surface area (Å²) in [4.78, 5) is 0. The lowest BCUT2D eigenvalue weighted by Gasteiger charge is -2.18. The largest absolute Gasteiger partial charge is 0.312 e. The van der Waals surface area contributed by atoms with Crippen molar-refractivity contribution in [2.75, 3.05) is 18.6 Å². The van der Waals surface area contributed by atoms with Crippen LogP contribution in [0.3, 0.4) is 0 Å². The number of nitrogens with one attached hydrogen (secondary N) is 1. The van der Waals surface area contributed by atoms with Gasteiger partial charge in [-0.25, -0.2) is 8.78 Å². The van der Waals surface area contributed by atoms with Crippen LogP contribution < -0.4 is 5.32 Å². The van der Waals surface area contributed by atoms with Crippen LogP contribution in [0.5, 0.6) is 0 Å². The Labute approximate surface area is 106 Å². The standard InChI is InChI=1S/C13H19F2NS/c1-4-7-17-8-11(16-3)12-10(14)6-5-9(2)13(12)15/h5-6,11,16H,4,7-8H2,1-3H3. The quantitative estimate of drug-likeness (QED) is 0.782. The van der Waals surface area contributed by atoms with E-state index in [4.69, 9.17) is 0 Å². The minimum Gasteiger partial charge on any atom is -0.312 e. The van der Waals surface area contributed by atoms with Crippen molar-refractivity contribution in [2.24, 2.45) is 0 Å². The van der Waals surface area contributed by atoms with Crippen LogP contribution in [0.15, 0.2) is 12.1 Å². The normalized spacial score (nSPS) is 12.8. The van der Waals surface area contributed by atoms with E-state index in [1.54, 1.807) is 25.7 Å². The first-order chi connectivity index (χ1) is 8.11. The Kier molecular flexibility index (Phi) is 5.92. The predicted molar refractivity (Wildman–Crippen MR) is 70.5 cm³/mol. The van der Waals surface area contributed by atoms with Crippen LogP contribution in [0.4, 0.5) is 8.78 Å². The summed E-state index contributed by atoms with van der Waals surface area (Å²) in [6, 6.07) is 2.54. The zero-order chi connectivity index (χ0) is 12.8. The molecule has 0 aliphatic heterocycles. The first-order valence-corrected chi connectivity index (χ1v) is 6.96. The maximum absolute atomic E-state index is 13.9. The molecule has 0 aromatic heterocycles. The van der Waals surface area contributed by atoms with E-state index >= 15 is 0 Å². The number of halogens is 2. The lowest BCUT2D eigenvalue weighted by Crippen LogP contribution is -2.22. The molecule has 1 N–H and O–H groups in total. The Hall–Kier alpha value is -0.610. The SMILES string of the molecule is CCCSCC(NC)c1c(F)ccc(C)c1F. The van der Waals surface area contributed by atoms with Gasteiger partial charge in [0, 0.05) is 17.4 Å². The molecule has 1 aromatic carbocycles. The summed E-state index contributed by atoms with van der Waals surface area (Å²) in [7, 11) is 1.73. The van der Waals surface area contributed by atoms with Gasteiger partial charge in [0.2, 0.25) is 0 Å². The Balaban J connectivity index is 2.91. The summed E-state index contributed by atoms with van der Waals surface area (Å²) < 4.78 is 27.6. The van der Waals surface area contributed by atoms with Crippen molar-refractivity contribution in [3.8, 4) is 0 Å². The van der Waals surface area contributed by atoms with Crippen molar-refractivity contribution >= 4 is 11.8 Å². The lowest BCUT2D eigenvalue weighted by atomic mass is 10.0. The second kappa shape index (κ2) is 6.97. The van der Waals surface area contributed by atoms with Gasteiger partial charge in [-0.2, -0.15) is 11.8 Å². The number of thioether (sulfide) groups is 1. The summed E-state index contributed by atoms with van der Waals surface area (Å²) in [5, 5.41) is 2.99. The summed E-state index contributed by atoms with van der Waals surface area (Å²) >= 11 is 1.71. The fourth-order valence-electron chi connectivity index (χ4n) is 1.65. The van der Waals surface area contributed by atoms with Crippen LogP contribution >= 0.6 is 11.8 Å². The van der Waals surface area contributed by atoms with E-state index in [0.29, 0.717) is 11.3 Å². The van der Waals surface area contributed by atoms with Crippen LogP contribution in [0.2, 0.25) is 0 Å². The average Bonchev–Trinajstić information content (AvgIpc) is 2.32. The molecule has 0 bridgehead atoms. The van der Waals surface area contributed by atoms with Crippen LogP contribution in [0.25, 0.3) is 0 Å². The Morgan fingerprint density at radius 1 is 1.35 bits per heavy atom. The van der Waals surface area contributed by atoms with Gasteiger partial charge in [0.25, 0.3) is 0 Å². The molecule has 0 aliphatic rings. The van der Waals surface area contributed by atoms with E-state index in [1.165, 1.54) is 12.1 Å². The summed E-state index contributed by atoms with van der Waals surface area (Å²) in [6.07, 6.45) is 1.07. The van der Waals surface area contributed by atoms with Crippen LogP contribution in [-0.2, 0) is 0 Å². The van der Waals surface area contributed by atoms with Crippen molar-refractivity contribution in [3.63, 3.8) is 0 Å². The van der Waals surface area contributed by atoms with E-state index in [0.717, 1.165) is 12.2 Å². The minimum absolute atomic E-state index is 0.163. The fraction of sp³-hybridized carbons (Fsp3) is 0.538. The topological polar surface area (TPSA) is 12.0 Å². The van der Waals surface area contributed by atoms with Crippen LogP contribution in [0, 0.1) is 18.6 Å². The molecule has 0 spiro atoms. The van der Waals surface area contributed by atoms with Crippen LogP contribution in [0.1, 0.15) is 30.5 Å². The van der Waals surface area contributed by atoms with Gasteiger partial charge < -0.3 is 5.32 Å². The van der Waals surface area contributed by atoms with Gasteiger partial charge in [-0.05, 0) is 37.8 Å². The molecule has 0 saturated heterocycles. The molecule has 1 nitrogen and oxygen atoms in total. The molecular formula is C13H19F2NS. The van der Waals surface area contributed by atoms with Crippen molar-refractivity contribution in [1.29, 1.82) is 0 Å². The molecule has 96 valence electrons. The van der Waals surface area contributed by atoms with E-state index in [-0.39, 0.29) is 11.6 Å². The maximum Gasteiger partial charge on any atom is 0.133 e. The minimum atomic E-state index is -0.468. The highest BCUT2D eigenvalue weighted by molar-refractivity contribution is 7.99. The number of aryl methyl sites for hydroxylation is 1. The third-order valence-electron chi connectivity index (χ3n) is 2.65. The Morgan fingerprint density at radius 3 is 2.65 bits per heavy atom. The zero-order valence-corrected chi connectivity index (χ0v) is 11.3. The van der Waals surface area contributed by atoms with Gasteiger partial charge in [0.1, 0.15) is 11.6 Å². The molecule has 4 heteroatoms. The van der Waals surface area contributed by atoms with E-state index in [2.05, 4.69) is 12.2 Å². The molecule has 1 atom stereocenters. The molecule has 0 aliphatic carbocycles. The third-order valence-corrected chi connectivity index (χ3v) is 3.92.